The first-order chi connectivity index (χ1) is 9.84. The van der Waals surface area contributed by atoms with Gasteiger partial charge in [-0.25, -0.2) is 8.42 Å². The first-order valence-electron chi connectivity index (χ1n) is 5.88. The van der Waals surface area contributed by atoms with E-state index in [1.165, 1.54) is 15.6 Å². The lowest BCUT2D eigenvalue weighted by Crippen LogP contribution is -2.26. The third-order valence-electron chi connectivity index (χ3n) is 2.85. The third-order valence-corrected chi connectivity index (χ3v) is 7.24. The number of methoxy groups -OCH3 is 1. The molecule has 2 rings (SSSR count). The Labute approximate surface area is 145 Å². The summed E-state index contributed by atoms with van der Waals surface area (Å²) in [5, 5.41) is 0. The van der Waals surface area contributed by atoms with E-state index >= 15 is 0 Å². The number of hydrogen-bond acceptors (Lipinski definition) is 4. The van der Waals surface area contributed by atoms with Crippen molar-refractivity contribution in [1.29, 1.82) is 0 Å². The average molecular weight is 455 g/mol. The highest BCUT2D eigenvalue weighted by atomic mass is 79.9. The molecule has 1 heterocycles. The molecule has 0 bridgehead atoms. The summed E-state index contributed by atoms with van der Waals surface area (Å²) in [4.78, 5) is 0. The van der Waals surface area contributed by atoms with Crippen molar-refractivity contribution in [2.24, 2.45) is 0 Å². The summed E-state index contributed by atoms with van der Waals surface area (Å²) in [5.41, 5.74) is 0.800. The van der Waals surface area contributed by atoms with Crippen molar-refractivity contribution in [3.63, 3.8) is 0 Å². The quantitative estimate of drug-likeness (QED) is 0.683. The van der Waals surface area contributed by atoms with E-state index < -0.39 is 10.0 Å². The van der Waals surface area contributed by atoms with Gasteiger partial charge in [0.1, 0.15) is 9.96 Å². The smallest absolute Gasteiger partial charge is 0.252 e. The van der Waals surface area contributed by atoms with E-state index in [1.54, 1.807) is 26.3 Å². The van der Waals surface area contributed by atoms with Gasteiger partial charge in [0.25, 0.3) is 10.0 Å². The summed E-state index contributed by atoms with van der Waals surface area (Å²) in [7, 11) is -0.377. The Bertz CT molecular complexity index is 744. The Morgan fingerprint density at radius 1 is 1.24 bits per heavy atom. The molecular weight excluding hydrogens is 442 g/mol. The molecule has 0 amide bonds. The number of benzene rings is 1. The Balaban J connectivity index is 2.29. The van der Waals surface area contributed by atoms with E-state index in [9.17, 15) is 8.42 Å². The van der Waals surface area contributed by atoms with Crippen molar-refractivity contribution in [3.05, 3.63) is 44.2 Å². The van der Waals surface area contributed by atoms with Gasteiger partial charge in [-0.05, 0) is 46.3 Å². The highest BCUT2D eigenvalue weighted by Gasteiger charge is 2.23. The second-order valence-corrected chi connectivity index (χ2v) is 9.93. The van der Waals surface area contributed by atoms with E-state index in [1.807, 2.05) is 18.2 Å². The van der Waals surface area contributed by atoms with Crippen LogP contribution < -0.4 is 4.74 Å². The van der Waals surface area contributed by atoms with Crippen LogP contribution in [-0.4, -0.2) is 26.9 Å². The SMILES string of the molecule is COc1ccc(Br)cc1CN(C)S(=O)(=O)c1ccc(Br)s1. The molecule has 0 unspecified atom stereocenters. The molecule has 0 aliphatic heterocycles. The molecule has 21 heavy (non-hydrogen) atoms. The molecule has 2 aromatic rings. The van der Waals surface area contributed by atoms with E-state index in [-0.39, 0.29) is 6.54 Å². The number of nitrogens with zero attached hydrogens (tertiary/aromatic N) is 1. The van der Waals surface area contributed by atoms with Gasteiger partial charge in [0.2, 0.25) is 0 Å². The normalized spacial score (nSPS) is 11.9. The molecule has 0 atom stereocenters. The van der Waals surface area contributed by atoms with Gasteiger partial charge in [0.05, 0.1) is 10.9 Å². The van der Waals surface area contributed by atoms with Crippen molar-refractivity contribution < 1.29 is 13.2 Å². The molecule has 0 N–H and O–H groups in total. The second kappa shape index (κ2) is 6.78. The van der Waals surface area contributed by atoms with E-state index in [2.05, 4.69) is 31.9 Å². The van der Waals surface area contributed by atoms with E-state index in [0.29, 0.717) is 9.96 Å². The van der Waals surface area contributed by atoms with Crippen LogP contribution in [0.25, 0.3) is 0 Å². The molecule has 114 valence electrons. The summed E-state index contributed by atoms with van der Waals surface area (Å²) < 4.78 is 33.6. The van der Waals surface area contributed by atoms with Crippen LogP contribution in [0.3, 0.4) is 0 Å². The maximum absolute atomic E-state index is 12.5. The van der Waals surface area contributed by atoms with E-state index in [4.69, 9.17) is 4.74 Å². The summed E-state index contributed by atoms with van der Waals surface area (Å²) in [6, 6.07) is 8.84. The van der Waals surface area contributed by atoms with Crippen molar-refractivity contribution in [2.45, 2.75) is 10.8 Å². The van der Waals surface area contributed by atoms with Gasteiger partial charge >= 0.3 is 0 Å². The fraction of sp³-hybridized carbons (Fsp3) is 0.231. The first-order valence-corrected chi connectivity index (χ1v) is 9.73. The summed E-state index contributed by atoms with van der Waals surface area (Å²) in [6.07, 6.45) is 0. The lowest BCUT2D eigenvalue weighted by atomic mass is 10.2. The van der Waals surface area contributed by atoms with Crippen LogP contribution in [0.2, 0.25) is 0 Å². The first kappa shape index (κ1) is 17.0. The van der Waals surface area contributed by atoms with Crippen LogP contribution in [0, 0.1) is 0 Å². The summed E-state index contributed by atoms with van der Waals surface area (Å²) in [5.74, 6) is 0.660. The van der Waals surface area contributed by atoms with Crippen LogP contribution in [0.5, 0.6) is 5.75 Å². The maximum atomic E-state index is 12.5. The van der Waals surface area contributed by atoms with E-state index in [0.717, 1.165) is 13.8 Å². The van der Waals surface area contributed by atoms with Crippen LogP contribution in [-0.2, 0) is 16.6 Å². The molecule has 1 aromatic heterocycles. The molecule has 0 aliphatic carbocycles. The zero-order chi connectivity index (χ0) is 15.6. The third kappa shape index (κ3) is 3.87. The second-order valence-electron chi connectivity index (χ2n) is 4.28. The number of thiophene rings is 1. The lowest BCUT2D eigenvalue weighted by molar-refractivity contribution is 0.398. The molecule has 0 fully saturated rings. The maximum Gasteiger partial charge on any atom is 0.252 e. The minimum Gasteiger partial charge on any atom is -0.496 e. The number of ether oxygens (including phenoxy) is 1. The van der Waals surface area contributed by atoms with Crippen LogP contribution in [0.1, 0.15) is 5.56 Å². The highest BCUT2D eigenvalue weighted by Crippen LogP contribution is 2.30. The minimum atomic E-state index is -3.50. The molecule has 0 spiro atoms. The van der Waals surface area contributed by atoms with Crippen molar-refractivity contribution >= 4 is 53.2 Å². The predicted octanol–water partition coefficient (Wildman–Crippen LogP) is 4.10. The molecule has 1 aromatic carbocycles. The summed E-state index contributed by atoms with van der Waals surface area (Å²) >= 11 is 7.86. The summed E-state index contributed by atoms with van der Waals surface area (Å²) in [6.45, 7) is 0.237. The number of halogens is 2. The highest BCUT2D eigenvalue weighted by molar-refractivity contribution is 9.11. The van der Waals surface area contributed by atoms with Crippen LogP contribution in [0.4, 0.5) is 0 Å². The monoisotopic (exact) mass is 453 g/mol. The standard InChI is InChI=1S/C13H13Br2NO3S2/c1-16(21(17,18)13-6-5-12(15)20-13)8-9-7-10(14)3-4-11(9)19-2/h3-7H,8H2,1-2H3. The zero-order valence-electron chi connectivity index (χ0n) is 11.3. The van der Waals surface area contributed by atoms with Crippen LogP contribution in [0.15, 0.2) is 42.8 Å². The molecule has 0 aliphatic rings. The Morgan fingerprint density at radius 2 is 1.95 bits per heavy atom. The largest absolute Gasteiger partial charge is 0.496 e. The van der Waals surface area contributed by atoms with Gasteiger partial charge in [-0.15, -0.1) is 11.3 Å². The van der Waals surface area contributed by atoms with Crippen molar-refractivity contribution in [2.75, 3.05) is 14.2 Å². The number of rotatable bonds is 5. The molecule has 8 heteroatoms. The minimum absolute atomic E-state index is 0.237. The molecule has 4 nitrogen and oxygen atoms in total. The lowest BCUT2D eigenvalue weighted by Gasteiger charge is -2.18. The van der Waals surface area contributed by atoms with Gasteiger partial charge in [-0.3, -0.25) is 0 Å². The predicted molar refractivity (Wildman–Crippen MR) is 91.4 cm³/mol. The molecular formula is C13H13Br2NO3S2. The Kier molecular flexibility index (Phi) is 5.48. The van der Waals surface area contributed by atoms with Crippen molar-refractivity contribution in [3.8, 4) is 5.75 Å². The van der Waals surface area contributed by atoms with Crippen molar-refractivity contribution in [1.82, 2.24) is 4.31 Å². The van der Waals surface area contributed by atoms with Gasteiger partial charge in [0.15, 0.2) is 0 Å². The zero-order valence-corrected chi connectivity index (χ0v) is 16.1. The Morgan fingerprint density at radius 3 is 2.52 bits per heavy atom. The topological polar surface area (TPSA) is 46.6 Å². The molecule has 0 saturated heterocycles. The van der Waals surface area contributed by atoms with Gasteiger partial charge in [-0.1, -0.05) is 15.9 Å². The molecule has 0 radical (unpaired) electrons. The Hall–Kier alpha value is -0.410. The van der Waals surface area contributed by atoms with Gasteiger partial charge < -0.3 is 4.74 Å². The number of sulfonamides is 1. The fourth-order valence-corrected chi connectivity index (χ4v) is 5.56. The van der Waals surface area contributed by atoms with Gasteiger partial charge in [-0.2, -0.15) is 4.31 Å². The van der Waals surface area contributed by atoms with Gasteiger partial charge in [0, 0.05) is 23.6 Å². The average Bonchev–Trinajstić information content (AvgIpc) is 2.86. The van der Waals surface area contributed by atoms with Crippen LogP contribution >= 0.6 is 43.2 Å². The number of hydrogen-bond donors (Lipinski definition) is 0. The molecule has 0 saturated carbocycles. The fourth-order valence-electron chi connectivity index (χ4n) is 1.79.